The monoisotopic (exact) mass is 493 g/mol. The molecule has 1 amide bonds. The van der Waals surface area contributed by atoms with Crippen LogP contribution in [0.25, 0.3) is 10.9 Å². The van der Waals surface area contributed by atoms with Gasteiger partial charge in [0.15, 0.2) is 0 Å². The van der Waals surface area contributed by atoms with E-state index in [-0.39, 0.29) is 22.8 Å². The first-order valence-corrected chi connectivity index (χ1v) is 12.5. The number of ether oxygens (including phenoxy) is 1. The summed E-state index contributed by atoms with van der Waals surface area (Å²) < 4.78 is 31.4. The number of carbonyl (C=O) groups excluding carboxylic acids is 1. The van der Waals surface area contributed by atoms with Crippen LogP contribution in [0.15, 0.2) is 66.0 Å². The van der Waals surface area contributed by atoms with Gasteiger partial charge in [-0.2, -0.15) is 5.10 Å². The number of aryl methyl sites for hydroxylation is 1. The number of benzene rings is 2. The molecule has 0 fully saturated rings. The minimum Gasteiger partial charge on any atom is -0.456 e. The van der Waals surface area contributed by atoms with E-state index < -0.39 is 10.0 Å². The number of sulfonamides is 1. The molecule has 0 atom stereocenters. The highest BCUT2D eigenvalue weighted by Gasteiger charge is 2.16. The third-order valence-corrected chi connectivity index (χ3v) is 6.29. The quantitative estimate of drug-likeness (QED) is 0.416. The number of primary sulfonamides is 1. The topological polar surface area (TPSA) is 129 Å². The van der Waals surface area contributed by atoms with Crippen molar-refractivity contribution in [1.29, 1.82) is 0 Å². The van der Waals surface area contributed by atoms with Crippen LogP contribution < -0.4 is 15.2 Å². The molecule has 0 radical (unpaired) electrons. The smallest absolute Gasteiger partial charge is 0.238 e. The molecule has 2 heterocycles. The standard InChI is InChI=1S/C25H27N5O4S/c1-16-11-17(12-24(31)29-18-14-28-30(15-18)25(2,3)4)5-8-22(16)34-23-9-10-27-21-7-6-19(13-20(21)23)35(26,32)33/h5-11,13-15H,12H2,1-4H3,(H,29,31)(H2,26,32,33). The third-order valence-electron chi connectivity index (χ3n) is 5.38. The number of nitrogens with two attached hydrogens (primary N) is 1. The predicted octanol–water partition coefficient (Wildman–Crippen LogP) is 4.12. The molecule has 0 aliphatic carbocycles. The fourth-order valence-corrected chi connectivity index (χ4v) is 4.11. The molecule has 2 aromatic heterocycles. The maximum atomic E-state index is 12.5. The van der Waals surface area contributed by atoms with Gasteiger partial charge in [-0.15, -0.1) is 0 Å². The van der Waals surface area contributed by atoms with E-state index in [1.807, 2.05) is 39.8 Å². The first-order chi connectivity index (χ1) is 16.4. The summed E-state index contributed by atoms with van der Waals surface area (Å²) in [5, 5.41) is 13.0. The minimum absolute atomic E-state index is 0.0195. The van der Waals surface area contributed by atoms with Gasteiger partial charge in [0, 0.05) is 17.8 Å². The fraction of sp³-hybridized carbons (Fsp3) is 0.240. The van der Waals surface area contributed by atoms with E-state index in [0.29, 0.717) is 28.1 Å². The first kappa shape index (κ1) is 24.4. The molecule has 0 unspecified atom stereocenters. The molecule has 0 aliphatic rings. The molecule has 182 valence electrons. The second kappa shape index (κ2) is 9.12. The molecule has 3 N–H and O–H groups in total. The van der Waals surface area contributed by atoms with Crippen LogP contribution in [-0.4, -0.2) is 29.1 Å². The van der Waals surface area contributed by atoms with E-state index in [1.165, 1.54) is 12.1 Å². The van der Waals surface area contributed by atoms with Crippen LogP contribution in [0.1, 0.15) is 31.9 Å². The van der Waals surface area contributed by atoms with Crippen LogP contribution in [0.2, 0.25) is 0 Å². The van der Waals surface area contributed by atoms with Crippen molar-refractivity contribution in [3.63, 3.8) is 0 Å². The Morgan fingerprint density at radius 3 is 2.54 bits per heavy atom. The highest BCUT2D eigenvalue weighted by Crippen LogP contribution is 2.32. The van der Waals surface area contributed by atoms with E-state index in [1.54, 1.807) is 41.5 Å². The van der Waals surface area contributed by atoms with E-state index in [2.05, 4.69) is 15.4 Å². The maximum Gasteiger partial charge on any atom is 0.238 e. The van der Waals surface area contributed by atoms with Gasteiger partial charge in [-0.05, 0) is 69.2 Å². The highest BCUT2D eigenvalue weighted by molar-refractivity contribution is 7.89. The molecular weight excluding hydrogens is 466 g/mol. The maximum absolute atomic E-state index is 12.5. The average molecular weight is 494 g/mol. The Balaban J connectivity index is 1.50. The largest absolute Gasteiger partial charge is 0.456 e. The van der Waals surface area contributed by atoms with Crippen LogP contribution in [0.3, 0.4) is 0 Å². The number of hydrogen-bond acceptors (Lipinski definition) is 6. The van der Waals surface area contributed by atoms with Gasteiger partial charge in [-0.3, -0.25) is 14.5 Å². The Bertz CT molecular complexity index is 1520. The Hall–Kier alpha value is -3.76. The molecule has 10 heteroatoms. The number of aromatic nitrogens is 3. The van der Waals surface area contributed by atoms with Gasteiger partial charge in [0.25, 0.3) is 0 Å². The molecule has 0 saturated carbocycles. The lowest BCUT2D eigenvalue weighted by Crippen LogP contribution is -2.22. The van der Waals surface area contributed by atoms with Gasteiger partial charge >= 0.3 is 0 Å². The molecule has 0 bridgehead atoms. The van der Waals surface area contributed by atoms with Crippen molar-refractivity contribution in [2.45, 2.75) is 44.6 Å². The van der Waals surface area contributed by atoms with E-state index in [9.17, 15) is 13.2 Å². The number of anilines is 1. The molecule has 4 rings (SSSR count). The lowest BCUT2D eigenvalue weighted by Gasteiger charge is -2.18. The summed E-state index contributed by atoms with van der Waals surface area (Å²) >= 11 is 0. The van der Waals surface area contributed by atoms with E-state index in [0.717, 1.165) is 11.1 Å². The van der Waals surface area contributed by atoms with Crippen molar-refractivity contribution < 1.29 is 17.9 Å². The number of nitrogens with zero attached hydrogens (tertiary/aromatic N) is 3. The number of rotatable bonds is 6. The van der Waals surface area contributed by atoms with Crippen molar-refractivity contribution in [3.05, 3.63) is 72.2 Å². The number of hydrogen-bond donors (Lipinski definition) is 2. The lowest BCUT2D eigenvalue weighted by atomic mass is 10.1. The third kappa shape index (κ3) is 5.67. The molecule has 2 aromatic carbocycles. The lowest BCUT2D eigenvalue weighted by molar-refractivity contribution is -0.115. The summed E-state index contributed by atoms with van der Waals surface area (Å²) in [6.07, 6.45) is 5.22. The number of nitrogens with one attached hydrogen (secondary N) is 1. The van der Waals surface area contributed by atoms with Crippen LogP contribution in [0.5, 0.6) is 11.5 Å². The Labute approximate surface area is 204 Å². The second-order valence-electron chi connectivity index (χ2n) is 9.30. The highest BCUT2D eigenvalue weighted by atomic mass is 32.2. The number of pyridine rings is 1. The van der Waals surface area contributed by atoms with E-state index >= 15 is 0 Å². The number of fused-ring (bicyclic) bond motifs is 1. The normalized spacial score (nSPS) is 12.0. The minimum atomic E-state index is -3.86. The Morgan fingerprint density at radius 2 is 1.89 bits per heavy atom. The zero-order chi connectivity index (χ0) is 25.4. The molecule has 0 saturated heterocycles. The van der Waals surface area contributed by atoms with Crippen LogP contribution in [0, 0.1) is 6.92 Å². The molecule has 9 nitrogen and oxygen atoms in total. The average Bonchev–Trinajstić information content (AvgIpc) is 3.24. The van der Waals surface area contributed by atoms with Gasteiger partial charge in [0.1, 0.15) is 11.5 Å². The van der Waals surface area contributed by atoms with Crippen LogP contribution in [0.4, 0.5) is 5.69 Å². The molecule has 4 aromatic rings. The van der Waals surface area contributed by atoms with Gasteiger partial charge in [0.2, 0.25) is 15.9 Å². The first-order valence-electron chi connectivity index (χ1n) is 10.9. The summed E-state index contributed by atoms with van der Waals surface area (Å²) in [5.74, 6) is 0.876. The summed E-state index contributed by atoms with van der Waals surface area (Å²) in [6, 6.07) is 11.6. The fourth-order valence-electron chi connectivity index (χ4n) is 3.57. The molecule has 0 aliphatic heterocycles. The SMILES string of the molecule is Cc1cc(CC(=O)Nc2cnn(C(C)(C)C)c2)ccc1Oc1ccnc2ccc(S(N)(=O)=O)cc12. The van der Waals surface area contributed by atoms with Crippen molar-refractivity contribution in [1.82, 2.24) is 14.8 Å². The van der Waals surface area contributed by atoms with Gasteiger partial charge < -0.3 is 10.1 Å². The summed E-state index contributed by atoms with van der Waals surface area (Å²) in [6.45, 7) is 7.98. The Kier molecular flexibility index (Phi) is 6.35. The number of carbonyl (C=O) groups is 1. The zero-order valence-electron chi connectivity index (χ0n) is 19.9. The molecule has 0 spiro atoms. The summed E-state index contributed by atoms with van der Waals surface area (Å²) in [7, 11) is -3.86. The Morgan fingerprint density at radius 1 is 1.11 bits per heavy atom. The van der Waals surface area contributed by atoms with Crippen LogP contribution >= 0.6 is 0 Å². The van der Waals surface area contributed by atoms with Crippen molar-refractivity contribution >= 4 is 32.5 Å². The van der Waals surface area contributed by atoms with Gasteiger partial charge in [-0.1, -0.05) is 12.1 Å². The van der Waals surface area contributed by atoms with Crippen molar-refractivity contribution in [3.8, 4) is 11.5 Å². The van der Waals surface area contributed by atoms with Gasteiger partial charge in [0.05, 0.1) is 34.3 Å². The van der Waals surface area contributed by atoms with E-state index in [4.69, 9.17) is 9.88 Å². The zero-order valence-corrected chi connectivity index (χ0v) is 20.8. The number of amides is 1. The van der Waals surface area contributed by atoms with Gasteiger partial charge in [-0.25, -0.2) is 13.6 Å². The summed E-state index contributed by atoms with van der Waals surface area (Å²) in [4.78, 5) is 16.8. The summed E-state index contributed by atoms with van der Waals surface area (Å²) in [5.41, 5.74) is 2.70. The van der Waals surface area contributed by atoms with Crippen LogP contribution in [-0.2, 0) is 26.8 Å². The molecule has 35 heavy (non-hydrogen) atoms. The van der Waals surface area contributed by atoms with Crippen molar-refractivity contribution in [2.24, 2.45) is 5.14 Å². The van der Waals surface area contributed by atoms with Crippen molar-refractivity contribution in [2.75, 3.05) is 5.32 Å². The second-order valence-corrected chi connectivity index (χ2v) is 10.9. The molecular formula is C25H27N5O4S. The predicted molar refractivity (Wildman–Crippen MR) is 134 cm³/mol.